The Morgan fingerprint density at radius 2 is 1.76 bits per heavy atom. The number of nitrogens with one attached hydrogen (secondary N) is 2. The minimum Gasteiger partial charge on any atom is -0.493 e. The predicted octanol–water partition coefficient (Wildman–Crippen LogP) is 1.37. The first-order valence-electron chi connectivity index (χ1n) is 8.48. The molecule has 1 aliphatic heterocycles. The molecule has 7 heteroatoms. The summed E-state index contributed by atoms with van der Waals surface area (Å²) >= 11 is 0. The highest BCUT2D eigenvalue weighted by Crippen LogP contribution is 2.27. The van der Waals surface area contributed by atoms with Gasteiger partial charge in [0.15, 0.2) is 11.5 Å². The van der Waals surface area contributed by atoms with Gasteiger partial charge in [0.25, 0.3) is 5.91 Å². The summed E-state index contributed by atoms with van der Waals surface area (Å²) in [6.07, 6.45) is 2.39. The van der Waals surface area contributed by atoms with Crippen molar-refractivity contribution < 1.29 is 23.8 Å². The Kier molecular flexibility index (Phi) is 7.53. The average Bonchev–Trinajstić information content (AvgIpc) is 2.65. The molecular formula is C18H26N2O5. The third-order valence-electron chi connectivity index (χ3n) is 4.19. The molecule has 0 aliphatic carbocycles. The molecular weight excluding hydrogens is 324 g/mol. The highest BCUT2D eigenvalue weighted by Gasteiger charge is 2.17. The minimum absolute atomic E-state index is 0.0206. The first-order chi connectivity index (χ1) is 12.1. The Balaban J connectivity index is 1.70. The maximum Gasteiger partial charge on any atom is 0.251 e. The quantitative estimate of drug-likeness (QED) is 0.692. The highest BCUT2D eigenvalue weighted by atomic mass is 16.5. The van der Waals surface area contributed by atoms with E-state index in [9.17, 15) is 9.59 Å². The molecule has 0 radical (unpaired) electrons. The highest BCUT2D eigenvalue weighted by molar-refractivity contribution is 5.94. The Hall–Kier alpha value is -2.28. The average molecular weight is 350 g/mol. The van der Waals surface area contributed by atoms with Gasteiger partial charge in [-0.05, 0) is 37.0 Å². The fraction of sp³-hybridized carbons (Fsp3) is 0.556. The van der Waals surface area contributed by atoms with Gasteiger partial charge >= 0.3 is 0 Å². The van der Waals surface area contributed by atoms with Crippen molar-refractivity contribution in [2.75, 3.05) is 40.5 Å². The number of ether oxygens (including phenoxy) is 3. The van der Waals surface area contributed by atoms with Gasteiger partial charge in [-0.2, -0.15) is 0 Å². The molecule has 0 unspecified atom stereocenters. The van der Waals surface area contributed by atoms with Gasteiger partial charge in [0.2, 0.25) is 5.91 Å². The van der Waals surface area contributed by atoms with Crippen molar-refractivity contribution in [3.63, 3.8) is 0 Å². The van der Waals surface area contributed by atoms with Gasteiger partial charge in [-0.25, -0.2) is 0 Å². The second-order valence-electron chi connectivity index (χ2n) is 5.94. The van der Waals surface area contributed by atoms with Gasteiger partial charge in [0.05, 0.1) is 14.2 Å². The number of benzene rings is 1. The standard InChI is InChI=1S/C18H26N2O5/c1-23-15-4-3-14(12-16(15)24-2)18(22)20-8-7-19-17(21)11-13-5-9-25-10-6-13/h3-4,12-13H,5-11H2,1-2H3,(H,19,21)(H,20,22). The van der Waals surface area contributed by atoms with Crippen LogP contribution in [0.2, 0.25) is 0 Å². The number of hydrogen-bond acceptors (Lipinski definition) is 5. The zero-order chi connectivity index (χ0) is 18.1. The van der Waals surface area contributed by atoms with Gasteiger partial charge in [-0.1, -0.05) is 0 Å². The number of methoxy groups -OCH3 is 2. The normalized spacial score (nSPS) is 14.6. The first kappa shape index (κ1) is 19.1. The zero-order valence-corrected chi connectivity index (χ0v) is 14.8. The van der Waals surface area contributed by atoms with Crippen LogP contribution in [0, 0.1) is 5.92 Å². The molecule has 2 amide bonds. The van der Waals surface area contributed by atoms with E-state index in [0.29, 0.717) is 42.5 Å². The van der Waals surface area contributed by atoms with Crippen molar-refractivity contribution in [3.8, 4) is 11.5 Å². The molecule has 1 aromatic carbocycles. The summed E-state index contributed by atoms with van der Waals surface area (Å²) < 4.78 is 15.6. The van der Waals surface area contributed by atoms with Gasteiger partial charge < -0.3 is 24.8 Å². The topological polar surface area (TPSA) is 85.9 Å². The molecule has 2 rings (SSSR count). The molecule has 0 bridgehead atoms. The van der Waals surface area contributed by atoms with Crippen LogP contribution in [0.5, 0.6) is 11.5 Å². The molecule has 2 N–H and O–H groups in total. The summed E-state index contributed by atoms with van der Waals surface area (Å²) in [6, 6.07) is 4.97. The predicted molar refractivity (Wildman–Crippen MR) is 93.0 cm³/mol. The molecule has 0 saturated carbocycles. The number of rotatable bonds is 8. The SMILES string of the molecule is COc1ccc(C(=O)NCCNC(=O)CC2CCOCC2)cc1OC. The number of hydrogen-bond donors (Lipinski definition) is 2. The lowest BCUT2D eigenvalue weighted by Crippen LogP contribution is -2.35. The van der Waals surface area contributed by atoms with E-state index in [0.717, 1.165) is 26.1 Å². The van der Waals surface area contributed by atoms with Gasteiger partial charge in [0.1, 0.15) is 0 Å². The largest absolute Gasteiger partial charge is 0.493 e. The van der Waals surface area contributed by atoms with Crippen molar-refractivity contribution in [1.82, 2.24) is 10.6 Å². The molecule has 1 aromatic rings. The number of carbonyl (C=O) groups is 2. The molecule has 25 heavy (non-hydrogen) atoms. The number of amides is 2. The van der Waals surface area contributed by atoms with Crippen molar-refractivity contribution in [2.24, 2.45) is 5.92 Å². The van der Waals surface area contributed by atoms with E-state index in [1.807, 2.05) is 0 Å². The minimum atomic E-state index is -0.223. The summed E-state index contributed by atoms with van der Waals surface area (Å²) in [5.41, 5.74) is 0.478. The first-order valence-corrected chi connectivity index (χ1v) is 8.48. The summed E-state index contributed by atoms with van der Waals surface area (Å²) in [5.74, 6) is 1.27. The molecule has 1 heterocycles. The molecule has 7 nitrogen and oxygen atoms in total. The van der Waals surface area contributed by atoms with Crippen molar-refractivity contribution in [2.45, 2.75) is 19.3 Å². The zero-order valence-electron chi connectivity index (χ0n) is 14.8. The molecule has 0 atom stereocenters. The monoisotopic (exact) mass is 350 g/mol. The van der Waals surface area contributed by atoms with Crippen molar-refractivity contribution in [1.29, 1.82) is 0 Å². The fourth-order valence-corrected chi connectivity index (χ4v) is 2.74. The second kappa shape index (κ2) is 9.88. The molecule has 0 spiro atoms. The van der Waals surface area contributed by atoms with E-state index >= 15 is 0 Å². The third kappa shape index (κ3) is 5.94. The van der Waals surface area contributed by atoms with Crippen LogP contribution >= 0.6 is 0 Å². The van der Waals surface area contributed by atoms with Crippen LogP contribution in [0.1, 0.15) is 29.6 Å². The lowest BCUT2D eigenvalue weighted by Gasteiger charge is -2.21. The summed E-state index contributed by atoms with van der Waals surface area (Å²) in [5, 5.41) is 5.62. The maximum atomic E-state index is 12.1. The summed E-state index contributed by atoms with van der Waals surface area (Å²) in [6.45, 7) is 2.24. The van der Waals surface area contributed by atoms with Crippen LogP contribution in [0.3, 0.4) is 0 Å². The van der Waals surface area contributed by atoms with Crippen LogP contribution in [0.4, 0.5) is 0 Å². The lowest BCUT2D eigenvalue weighted by molar-refractivity contribution is -0.122. The van der Waals surface area contributed by atoms with E-state index in [2.05, 4.69) is 10.6 Å². The second-order valence-corrected chi connectivity index (χ2v) is 5.94. The van der Waals surface area contributed by atoms with Crippen LogP contribution in [0.15, 0.2) is 18.2 Å². The van der Waals surface area contributed by atoms with Crippen molar-refractivity contribution in [3.05, 3.63) is 23.8 Å². The van der Waals surface area contributed by atoms with E-state index in [-0.39, 0.29) is 11.8 Å². The molecule has 1 saturated heterocycles. The summed E-state index contributed by atoms with van der Waals surface area (Å²) in [7, 11) is 3.06. The fourth-order valence-electron chi connectivity index (χ4n) is 2.74. The van der Waals surface area contributed by atoms with E-state index in [1.165, 1.54) is 7.11 Å². The van der Waals surface area contributed by atoms with E-state index < -0.39 is 0 Å². The lowest BCUT2D eigenvalue weighted by atomic mass is 9.96. The van der Waals surface area contributed by atoms with Crippen LogP contribution in [-0.2, 0) is 9.53 Å². The molecule has 1 aliphatic rings. The Morgan fingerprint density at radius 3 is 2.44 bits per heavy atom. The Labute approximate surface area is 148 Å². The van der Waals surface area contributed by atoms with Gasteiger partial charge in [0, 0.05) is 38.3 Å². The van der Waals surface area contributed by atoms with Gasteiger partial charge in [-0.15, -0.1) is 0 Å². The van der Waals surface area contributed by atoms with E-state index in [1.54, 1.807) is 25.3 Å². The van der Waals surface area contributed by atoms with Crippen molar-refractivity contribution >= 4 is 11.8 Å². The third-order valence-corrected chi connectivity index (χ3v) is 4.19. The van der Waals surface area contributed by atoms with Crippen LogP contribution < -0.4 is 20.1 Å². The Morgan fingerprint density at radius 1 is 1.08 bits per heavy atom. The summed E-state index contributed by atoms with van der Waals surface area (Å²) in [4.78, 5) is 24.0. The smallest absolute Gasteiger partial charge is 0.251 e. The van der Waals surface area contributed by atoms with Crippen LogP contribution in [-0.4, -0.2) is 52.3 Å². The van der Waals surface area contributed by atoms with Gasteiger partial charge in [-0.3, -0.25) is 9.59 Å². The van der Waals surface area contributed by atoms with Crippen LogP contribution in [0.25, 0.3) is 0 Å². The molecule has 138 valence electrons. The number of carbonyl (C=O) groups excluding carboxylic acids is 2. The Bertz CT molecular complexity index is 585. The maximum absolute atomic E-state index is 12.1. The van der Waals surface area contributed by atoms with E-state index in [4.69, 9.17) is 14.2 Å². The molecule has 1 fully saturated rings. The molecule has 0 aromatic heterocycles.